The Kier molecular flexibility index (Phi) is 5.67. The SMILES string of the molecule is COc1c(C(C)(C)C)cc(-n2ccc(=O)[nH]c2=O)c(F)c1-c1ccc2c(c1)CCN2S(C)(=O)=O. The highest BCUT2D eigenvalue weighted by atomic mass is 32.2. The summed E-state index contributed by atoms with van der Waals surface area (Å²) in [6.45, 7) is 6.15. The fraction of sp³-hybridized carbons (Fsp3) is 0.333. The van der Waals surface area contributed by atoms with Gasteiger partial charge in [-0.05, 0) is 41.2 Å². The van der Waals surface area contributed by atoms with E-state index in [0.29, 0.717) is 35.5 Å². The molecule has 10 heteroatoms. The lowest BCUT2D eigenvalue weighted by Gasteiger charge is -2.26. The maximum absolute atomic E-state index is 16.1. The van der Waals surface area contributed by atoms with Crippen molar-refractivity contribution < 1.29 is 17.5 Å². The van der Waals surface area contributed by atoms with Gasteiger partial charge in [-0.3, -0.25) is 18.7 Å². The third-order valence-corrected chi connectivity index (χ3v) is 7.09. The molecule has 1 aliphatic heterocycles. The summed E-state index contributed by atoms with van der Waals surface area (Å²) in [6, 6.07) is 7.77. The van der Waals surface area contributed by atoms with E-state index in [-0.39, 0.29) is 11.3 Å². The number of nitrogens with one attached hydrogen (secondary N) is 1. The third-order valence-electron chi connectivity index (χ3n) is 5.91. The second-order valence-electron chi connectivity index (χ2n) is 9.32. The third kappa shape index (κ3) is 4.02. The first-order valence-electron chi connectivity index (χ1n) is 10.7. The van der Waals surface area contributed by atoms with Crippen molar-refractivity contribution in [1.82, 2.24) is 9.55 Å². The molecule has 0 saturated heterocycles. The lowest BCUT2D eigenvalue weighted by Crippen LogP contribution is -2.28. The largest absolute Gasteiger partial charge is 0.496 e. The molecule has 1 aromatic heterocycles. The van der Waals surface area contributed by atoms with Gasteiger partial charge >= 0.3 is 5.69 Å². The highest BCUT2D eigenvalue weighted by Crippen LogP contribution is 2.44. The fourth-order valence-electron chi connectivity index (χ4n) is 4.31. The minimum absolute atomic E-state index is 0.0276. The number of halogens is 1. The van der Waals surface area contributed by atoms with Gasteiger partial charge in [-0.15, -0.1) is 0 Å². The van der Waals surface area contributed by atoms with Gasteiger partial charge in [0.15, 0.2) is 5.82 Å². The lowest BCUT2D eigenvalue weighted by molar-refractivity contribution is 0.396. The van der Waals surface area contributed by atoms with Crippen molar-refractivity contribution in [3.05, 3.63) is 74.3 Å². The molecule has 180 valence electrons. The summed E-state index contributed by atoms with van der Waals surface area (Å²) in [5, 5.41) is 0. The smallest absolute Gasteiger partial charge is 0.333 e. The molecule has 0 unspecified atom stereocenters. The monoisotopic (exact) mass is 487 g/mol. The number of benzene rings is 2. The summed E-state index contributed by atoms with van der Waals surface area (Å²) in [7, 11) is -1.97. The molecule has 1 aliphatic rings. The first kappa shape index (κ1) is 23.7. The van der Waals surface area contributed by atoms with Crippen LogP contribution in [0.25, 0.3) is 16.8 Å². The van der Waals surface area contributed by atoms with E-state index >= 15 is 4.39 Å². The Bertz CT molecular complexity index is 1520. The molecular weight excluding hydrogens is 461 g/mol. The zero-order valence-corrected chi connectivity index (χ0v) is 20.4. The van der Waals surface area contributed by atoms with E-state index in [1.807, 2.05) is 20.8 Å². The van der Waals surface area contributed by atoms with Crippen molar-refractivity contribution >= 4 is 15.7 Å². The predicted molar refractivity (Wildman–Crippen MR) is 129 cm³/mol. The molecule has 0 radical (unpaired) electrons. The molecule has 3 aromatic rings. The molecule has 34 heavy (non-hydrogen) atoms. The average Bonchev–Trinajstić information content (AvgIpc) is 3.16. The Morgan fingerprint density at radius 2 is 1.79 bits per heavy atom. The van der Waals surface area contributed by atoms with Gasteiger partial charge in [0.05, 0.1) is 30.3 Å². The Labute approximate surface area is 196 Å². The van der Waals surface area contributed by atoms with Crippen LogP contribution in [0.4, 0.5) is 10.1 Å². The Morgan fingerprint density at radius 1 is 1.09 bits per heavy atom. The molecule has 1 N–H and O–H groups in total. The van der Waals surface area contributed by atoms with Crippen LogP contribution in [-0.4, -0.2) is 37.9 Å². The molecule has 0 spiro atoms. The highest BCUT2D eigenvalue weighted by molar-refractivity contribution is 7.92. The molecule has 0 aliphatic carbocycles. The summed E-state index contributed by atoms with van der Waals surface area (Å²) < 4.78 is 48.4. The van der Waals surface area contributed by atoms with Gasteiger partial charge in [0.2, 0.25) is 10.0 Å². The standard InChI is InChI=1S/C24H26FN3O5S/c1-24(2,3)16-13-18(27-10-9-19(29)26-23(27)30)21(25)20(22(16)33-4)15-6-7-17-14(12-15)8-11-28(17)34(5,31)32/h6-7,9-10,12-13H,8,11H2,1-5H3,(H,26,29,30). The number of fused-ring (bicyclic) bond motifs is 1. The van der Waals surface area contributed by atoms with E-state index in [1.165, 1.54) is 17.6 Å². The molecule has 0 amide bonds. The van der Waals surface area contributed by atoms with Crippen LogP contribution < -0.4 is 20.3 Å². The highest BCUT2D eigenvalue weighted by Gasteiger charge is 2.30. The van der Waals surface area contributed by atoms with Crippen molar-refractivity contribution in [1.29, 1.82) is 0 Å². The summed E-state index contributed by atoms with van der Waals surface area (Å²) >= 11 is 0. The second kappa shape index (κ2) is 8.12. The van der Waals surface area contributed by atoms with Crippen LogP contribution in [0.5, 0.6) is 5.75 Å². The molecule has 0 bridgehead atoms. The van der Waals surface area contributed by atoms with E-state index in [9.17, 15) is 18.0 Å². The molecular formula is C24H26FN3O5S. The molecule has 8 nitrogen and oxygen atoms in total. The van der Waals surface area contributed by atoms with Gasteiger partial charge in [-0.25, -0.2) is 17.6 Å². The average molecular weight is 488 g/mol. The van der Waals surface area contributed by atoms with Crippen LogP contribution >= 0.6 is 0 Å². The van der Waals surface area contributed by atoms with E-state index in [2.05, 4.69) is 4.98 Å². The quantitative estimate of drug-likeness (QED) is 0.610. The Hall–Kier alpha value is -3.40. The van der Waals surface area contributed by atoms with Crippen molar-refractivity contribution in [2.45, 2.75) is 32.6 Å². The number of rotatable bonds is 4. The van der Waals surface area contributed by atoms with Crippen molar-refractivity contribution in [3.63, 3.8) is 0 Å². The summed E-state index contributed by atoms with van der Waals surface area (Å²) in [6.07, 6.45) is 2.88. The predicted octanol–water partition coefficient (Wildman–Crippen LogP) is 2.96. The van der Waals surface area contributed by atoms with Crippen LogP contribution in [0, 0.1) is 5.82 Å². The minimum atomic E-state index is -3.42. The number of H-pyrrole nitrogens is 1. The molecule has 4 rings (SSSR count). The topological polar surface area (TPSA) is 101 Å². The van der Waals surface area contributed by atoms with E-state index in [4.69, 9.17) is 4.74 Å². The molecule has 2 heterocycles. The molecule has 0 atom stereocenters. The Balaban J connectivity index is 2.03. The number of anilines is 1. The maximum Gasteiger partial charge on any atom is 0.333 e. The van der Waals surface area contributed by atoms with Crippen molar-refractivity contribution in [3.8, 4) is 22.6 Å². The van der Waals surface area contributed by atoms with Gasteiger partial charge in [0.1, 0.15) is 5.75 Å². The number of methoxy groups -OCH3 is 1. The number of aromatic amines is 1. The van der Waals surface area contributed by atoms with Crippen LogP contribution in [0.2, 0.25) is 0 Å². The van der Waals surface area contributed by atoms with Crippen LogP contribution in [0.15, 0.2) is 46.1 Å². The van der Waals surface area contributed by atoms with Crippen LogP contribution in [0.3, 0.4) is 0 Å². The lowest BCUT2D eigenvalue weighted by atomic mass is 9.83. The molecule has 0 saturated carbocycles. The number of nitrogens with zero attached hydrogens (tertiary/aromatic N) is 2. The van der Waals surface area contributed by atoms with Gasteiger partial charge in [0, 0.05) is 24.4 Å². The zero-order chi connectivity index (χ0) is 25.0. The molecule has 0 fully saturated rings. The van der Waals surface area contributed by atoms with Crippen molar-refractivity contribution in [2.75, 3.05) is 24.2 Å². The maximum atomic E-state index is 16.1. The number of hydrogen-bond acceptors (Lipinski definition) is 5. The summed E-state index contributed by atoms with van der Waals surface area (Å²) in [5.74, 6) is -0.374. The summed E-state index contributed by atoms with van der Waals surface area (Å²) in [5.41, 5.74) is 0.802. The summed E-state index contributed by atoms with van der Waals surface area (Å²) in [4.78, 5) is 26.2. The van der Waals surface area contributed by atoms with Crippen LogP contribution in [0.1, 0.15) is 31.9 Å². The minimum Gasteiger partial charge on any atom is -0.496 e. The second-order valence-corrected chi connectivity index (χ2v) is 11.2. The van der Waals surface area contributed by atoms with Crippen molar-refractivity contribution in [2.24, 2.45) is 0 Å². The first-order valence-corrected chi connectivity index (χ1v) is 12.5. The molecule has 2 aromatic carbocycles. The van der Waals surface area contributed by atoms with E-state index < -0.39 is 32.5 Å². The fourth-order valence-corrected chi connectivity index (χ4v) is 5.27. The Morgan fingerprint density at radius 3 is 2.38 bits per heavy atom. The van der Waals surface area contributed by atoms with E-state index in [0.717, 1.165) is 22.5 Å². The van der Waals surface area contributed by atoms with Crippen LogP contribution in [-0.2, 0) is 21.9 Å². The zero-order valence-electron chi connectivity index (χ0n) is 19.6. The number of aromatic nitrogens is 2. The number of sulfonamides is 1. The number of hydrogen-bond donors (Lipinski definition) is 1. The van der Waals surface area contributed by atoms with Gasteiger partial charge in [-0.1, -0.05) is 26.8 Å². The number of ether oxygens (including phenoxy) is 1. The normalized spacial score (nSPS) is 13.8. The van der Waals surface area contributed by atoms with Gasteiger partial charge in [-0.2, -0.15) is 0 Å². The van der Waals surface area contributed by atoms with Gasteiger partial charge in [0.25, 0.3) is 5.56 Å². The first-order chi connectivity index (χ1) is 15.8. The van der Waals surface area contributed by atoms with Gasteiger partial charge < -0.3 is 4.74 Å². The van der Waals surface area contributed by atoms with E-state index in [1.54, 1.807) is 24.3 Å².